The van der Waals surface area contributed by atoms with E-state index in [0.717, 1.165) is 23.3 Å². The Morgan fingerprint density at radius 1 is 0.946 bits per heavy atom. The number of halogens is 3. The predicted octanol–water partition coefficient (Wildman–Crippen LogP) is 5.94. The van der Waals surface area contributed by atoms with Crippen molar-refractivity contribution in [1.82, 2.24) is 4.90 Å². The van der Waals surface area contributed by atoms with E-state index in [9.17, 15) is 18.0 Å². The third-order valence-electron chi connectivity index (χ3n) is 6.25. The highest BCUT2D eigenvalue weighted by Gasteiger charge is 2.35. The van der Waals surface area contributed by atoms with Gasteiger partial charge in [-0.25, -0.2) is 0 Å². The minimum atomic E-state index is -4.49. The van der Waals surface area contributed by atoms with Crippen LogP contribution in [-0.2, 0) is 12.6 Å². The standard InChI is InChI=1S/C28H28F3NO5/c1-4-36-24-11-6-5-10-21(24)27(33)32-13-12-18-14-25(34-2)26(35-3)16-22(18)23(32)17-37-20-9-7-8-19(15-20)28(29,30)31/h5-11,14-16,23H,4,12-13,17H2,1-3H3. The number of fused-ring (bicyclic) bond motifs is 1. The zero-order chi connectivity index (χ0) is 26.6. The first-order chi connectivity index (χ1) is 17.8. The molecule has 3 aromatic carbocycles. The molecule has 1 amide bonds. The number of benzene rings is 3. The molecule has 0 radical (unpaired) electrons. The lowest BCUT2D eigenvalue weighted by molar-refractivity contribution is -0.137. The number of hydrogen-bond donors (Lipinski definition) is 0. The van der Waals surface area contributed by atoms with Gasteiger partial charge in [-0.15, -0.1) is 0 Å². The molecule has 3 aromatic rings. The Morgan fingerprint density at radius 2 is 1.68 bits per heavy atom. The molecule has 0 fully saturated rings. The van der Waals surface area contributed by atoms with E-state index in [4.69, 9.17) is 18.9 Å². The van der Waals surface area contributed by atoms with E-state index < -0.39 is 17.8 Å². The van der Waals surface area contributed by atoms with Crippen LogP contribution in [0.2, 0.25) is 0 Å². The van der Waals surface area contributed by atoms with Crippen LogP contribution in [0, 0.1) is 0 Å². The lowest BCUT2D eigenvalue weighted by atomic mass is 9.91. The van der Waals surface area contributed by atoms with Crippen LogP contribution < -0.4 is 18.9 Å². The Morgan fingerprint density at radius 3 is 2.38 bits per heavy atom. The summed E-state index contributed by atoms with van der Waals surface area (Å²) in [4.78, 5) is 15.4. The molecule has 0 aromatic heterocycles. The van der Waals surface area contributed by atoms with Crippen LogP contribution in [-0.4, -0.2) is 44.8 Å². The zero-order valence-corrected chi connectivity index (χ0v) is 20.8. The molecule has 0 spiro atoms. The molecule has 1 atom stereocenters. The Kier molecular flexibility index (Phi) is 7.80. The molecule has 1 aliphatic heterocycles. The van der Waals surface area contributed by atoms with Gasteiger partial charge in [0.15, 0.2) is 11.5 Å². The summed E-state index contributed by atoms with van der Waals surface area (Å²) in [5.41, 5.74) is 1.31. The van der Waals surface area contributed by atoms with Gasteiger partial charge < -0.3 is 23.8 Å². The lowest BCUT2D eigenvalue weighted by Crippen LogP contribution is -2.42. The second kappa shape index (κ2) is 11.0. The first kappa shape index (κ1) is 26.2. The van der Waals surface area contributed by atoms with Crippen molar-refractivity contribution in [3.05, 3.63) is 82.9 Å². The second-order valence-electron chi connectivity index (χ2n) is 8.44. The first-order valence-electron chi connectivity index (χ1n) is 11.8. The summed E-state index contributed by atoms with van der Waals surface area (Å²) in [5, 5.41) is 0. The van der Waals surface area contributed by atoms with Gasteiger partial charge in [-0.3, -0.25) is 4.79 Å². The fraction of sp³-hybridized carbons (Fsp3) is 0.321. The normalized spacial score (nSPS) is 15.1. The van der Waals surface area contributed by atoms with Gasteiger partial charge in [-0.2, -0.15) is 13.2 Å². The van der Waals surface area contributed by atoms with Gasteiger partial charge in [-0.1, -0.05) is 18.2 Å². The number of para-hydroxylation sites is 1. The highest BCUT2D eigenvalue weighted by Crippen LogP contribution is 2.40. The molecule has 1 unspecified atom stereocenters. The largest absolute Gasteiger partial charge is 0.493 e. The van der Waals surface area contributed by atoms with Crippen molar-refractivity contribution in [2.75, 3.05) is 34.0 Å². The Labute approximate surface area is 213 Å². The van der Waals surface area contributed by atoms with Crippen LogP contribution in [0.4, 0.5) is 13.2 Å². The van der Waals surface area contributed by atoms with Crippen molar-refractivity contribution >= 4 is 5.91 Å². The third-order valence-corrected chi connectivity index (χ3v) is 6.25. The molecule has 37 heavy (non-hydrogen) atoms. The highest BCUT2D eigenvalue weighted by molar-refractivity contribution is 5.97. The predicted molar refractivity (Wildman–Crippen MR) is 132 cm³/mol. The first-order valence-corrected chi connectivity index (χ1v) is 11.8. The van der Waals surface area contributed by atoms with Crippen molar-refractivity contribution < 1.29 is 36.9 Å². The van der Waals surface area contributed by atoms with Gasteiger partial charge in [0, 0.05) is 6.54 Å². The van der Waals surface area contributed by atoms with Crippen LogP contribution in [0.15, 0.2) is 60.7 Å². The maximum absolute atomic E-state index is 13.8. The molecule has 0 aliphatic carbocycles. The molecule has 0 saturated heterocycles. The minimum Gasteiger partial charge on any atom is -0.493 e. The van der Waals surface area contributed by atoms with E-state index in [0.29, 0.717) is 42.4 Å². The van der Waals surface area contributed by atoms with Gasteiger partial charge in [0.25, 0.3) is 5.91 Å². The number of carbonyl (C=O) groups is 1. The molecular weight excluding hydrogens is 487 g/mol. The zero-order valence-electron chi connectivity index (χ0n) is 20.8. The Balaban J connectivity index is 1.72. The van der Waals surface area contributed by atoms with Crippen LogP contribution >= 0.6 is 0 Å². The van der Waals surface area contributed by atoms with Gasteiger partial charge in [-0.05, 0) is 66.9 Å². The summed E-state index contributed by atoms with van der Waals surface area (Å²) in [7, 11) is 3.06. The van der Waals surface area contributed by atoms with Gasteiger partial charge in [0.1, 0.15) is 18.1 Å². The average Bonchev–Trinajstić information content (AvgIpc) is 2.90. The number of methoxy groups -OCH3 is 2. The van der Waals surface area contributed by atoms with Crippen LogP contribution in [0.1, 0.15) is 40.0 Å². The SMILES string of the molecule is CCOc1ccccc1C(=O)N1CCc2cc(OC)c(OC)cc2C1COc1cccc(C(F)(F)F)c1. The van der Waals surface area contributed by atoms with E-state index in [1.165, 1.54) is 19.2 Å². The summed E-state index contributed by atoms with van der Waals surface area (Å²) in [6, 6.07) is 14.7. The molecule has 1 aliphatic rings. The van der Waals surface area contributed by atoms with E-state index in [-0.39, 0.29) is 18.3 Å². The Hall–Kier alpha value is -3.88. The number of carbonyl (C=O) groups excluding carboxylic acids is 1. The van der Waals surface area contributed by atoms with Crippen molar-refractivity contribution in [3.63, 3.8) is 0 Å². The van der Waals surface area contributed by atoms with E-state index in [2.05, 4.69) is 0 Å². The molecule has 196 valence electrons. The van der Waals surface area contributed by atoms with Gasteiger partial charge in [0.05, 0.1) is 38.0 Å². The topological polar surface area (TPSA) is 57.2 Å². The molecule has 0 saturated carbocycles. The average molecular weight is 516 g/mol. The van der Waals surface area contributed by atoms with E-state index in [1.807, 2.05) is 13.0 Å². The number of ether oxygens (including phenoxy) is 4. The van der Waals surface area contributed by atoms with Gasteiger partial charge >= 0.3 is 6.18 Å². The van der Waals surface area contributed by atoms with Crippen molar-refractivity contribution in [3.8, 4) is 23.0 Å². The fourth-order valence-corrected chi connectivity index (χ4v) is 4.47. The smallest absolute Gasteiger partial charge is 0.416 e. The van der Waals surface area contributed by atoms with Crippen LogP contribution in [0.3, 0.4) is 0 Å². The van der Waals surface area contributed by atoms with Gasteiger partial charge in [0.2, 0.25) is 0 Å². The Bertz CT molecular complexity index is 1260. The summed E-state index contributed by atoms with van der Waals surface area (Å²) >= 11 is 0. The molecule has 6 nitrogen and oxygen atoms in total. The van der Waals surface area contributed by atoms with Crippen LogP contribution in [0.5, 0.6) is 23.0 Å². The van der Waals surface area contributed by atoms with Crippen LogP contribution in [0.25, 0.3) is 0 Å². The molecular formula is C28H28F3NO5. The maximum atomic E-state index is 13.8. The fourth-order valence-electron chi connectivity index (χ4n) is 4.47. The molecule has 9 heteroatoms. The number of alkyl halides is 3. The quantitative estimate of drug-likeness (QED) is 0.372. The summed E-state index contributed by atoms with van der Waals surface area (Å²) in [5.74, 6) is 1.30. The third kappa shape index (κ3) is 5.60. The van der Waals surface area contributed by atoms with Crippen molar-refractivity contribution in [1.29, 1.82) is 0 Å². The minimum absolute atomic E-state index is 0.0598. The second-order valence-corrected chi connectivity index (χ2v) is 8.44. The maximum Gasteiger partial charge on any atom is 0.416 e. The highest BCUT2D eigenvalue weighted by atomic mass is 19.4. The summed E-state index contributed by atoms with van der Waals surface area (Å²) in [6.07, 6.45) is -3.94. The van der Waals surface area contributed by atoms with Crippen molar-refractivity contribution in [2.45, 2.75) is 25.6 Å². The van der Waals surface area contributed by atoms with Crippen molar-refractivity contribution in [2.24, 2.45) is 0 Å². The molecule has 1 heterocycles. The number of amides is 1. The number of rotatable bonds is 8. The molecule has 0 N–H and O–H groups in total. The molecule has 4 rings (SSSR count). The number of nitrogens with zero attached hydrogens (tertiary/aromatic N) is 1. The lowest BCUT2D eigenvalue weighted by Gasteiger charge is -2.38. The summed E-state index contributed by atoms with van der Waals surface area (Å²) < 4.78 is 62.1. The van der Waals surface area contributed by atoms with E-state index in [1.54, 1.807) is 42.3 Å². The monoisotopic (exact) mass is 515 g/mol. The molecule has 0 bridgehead atoms. The number of hydrogen-bond acceptors (Lipinski definition) is 5. The summed E-state index contributed by atoms with van der Waals surface area (Å²) in [6.45, 7) is 2.54. The van der Waals surface area contributed by atoms with E-state index >= 15 is 0 Å².